The molecule has 0 heterocycles. The normalized spacial score (nSPS) is 23.1. The maximum absolute atomic E-state index is 8.75. The molecule has 0 N–H and O–H groups in total. The van der Waals surface area contributed by atoms with E-state index >= 15 is 0 Å². The van der Waals surface area contributed by atoms with Gasteiger partial charge in [0.05, 0.1) is 6.07 Å². The molecule has 96 valence electrons. The number of hydrogen-bond donors (Lipinski definition) is 0. The highest BCUT2D eigenvalue weighted by molar-refractivity contribution is 4.96. The third-order valence-electron chi connectivity index (χ3n) is 3.31. The third kappa shape index (κ3) is 5.89. The molecule has 0 fully saturated rings. The number of rotatable bonds is 5. The van der Waals surface area contributed by atoms with Gasteiger partial charge in [-0.05, 0) is 25.2 Å². The highest BCUT2D eigenvalue weighted by Gasteiger charge is 2.17. The van der Waals surface area contributed by atoms with Crippen LogP contribution in [0.5, 0.6) is 0 Å². The van der Waals surface area contributed by atoms with Crippen molar-refractivity contribution in [3.63, 3.8) is 0 Å². The summed E-state index contributed by atoms with van der Waals surface area (Å²) in [5.74, 6) is 0.674. The lowest BCUT2D eigenvalue weighted by Crippen LogP contribution is -2.37. The van der Waals surface area contributed by atoms with E-state index in [1.807, 2.05) is 0 Å². The van der Waals surface area contributed by atoms with Gasteiger partial charge in [-0.1, -0.05) is 38.8 Å². The first-order valence-corrected chi connectivity index (χ1v) is 7.01. The molecular formula is C15H26N2. The summed E-state index contributed by atoms with van der Waals surface area (Å²) < 4.78 is 0. The van der Waals surface area contributed by atoms with Gasteiger partial charge in [0.15, 0.2) is 0 Å². The molecule has 1 aliphatic carbocycles. The van der Waals surface area contributed by atoms with Gasteiger partial charge in [0.25, 0.3) is 0 Å². The van der Waals surface area contributed by atoms with Crippen LogP contribution in [0.4, 0.5) is 0 Å². The fourth-order valence-electron chi connectivity index (χ4n) is 2.50. The first-order valence-electron chi connectivity index (χ1n) is 7.01. The summed E-state index contributed by atoms with van der Waals surface area (Å²) in [4.78, 5) is 2.50. The van der Waals surface area contributed by atoms with Crippen LogP contribution in [0.2, 0.25) is 0 Å². The molecular weight excluding hydrogens is 208 g/mol. The Morgan fingerprint density at radius 2 is 2.18 bits per heavy atom. The summed E-state index contributed by atoms with van der Waals surface area (Å²) in [7, 11) is 0. The van der Waals surface area contributed by atoms with Gasteiger partial charge in [0.1, 0.15) is 0 Å². The van der Waals surface area contributed by atoms with E-state index in [1.54, 1.807) is 0 Å². The number of hydrogen-bond acceptors (Lipinski definition) is 2. The maximum Gasteiger partial charge on any atom is 0.0635 e. The molecule has 0 aromatic rings. The first-order chi connectivity index (χ1) is 8.24. The molecule has 1 rings (SSSR count). The Morgan fingerprint density at radius 1 is 1.35 bits per heavy atom. The van der Waals surface area contributed by atoms with Gasteiger partial charge in [-0.3, -0.25) is 4.90 Å². The van der Waals surface area contributed by atoms with Gasteiger partial charge in [0.2, 0.25) is 0 Å². The molecule has 0 bridgehead atoms. The Bertz CT molecular complexity index is 263. The van der Waals surface area contributed by atoms with Crippen molar-refractivity contribution in [2.24, 2.45) is 5.92 Å². The lowest BCUT2D eigenvalue weighted by atomic mass is 10.00. The lowest BCUT2D eigenvalue weighted by molar-refractivity contribution is 0.196. The van der Waals surface area contributed by atoms with E-state index in [-0.39, 0.29) is 0 Å². The summed E-state index contributed by atoms with van der Waals surface area (Å²) in [6.45, 7) is 6.54. The molecule has 2 heteroatoms. The average molecular weight is 234 g/mol. The predicted octanol–water partition coefficient (Wildman–Crippen LogP) is 3.75. The summed E-state index contributed by atoms with van der Waals surface area (Å²) in [6, 6.07) is 2.83. The van der Waals surface area contributed by atoms with E-state index in [2.05, 4.69) is 37.0 Å². The van der Waals surface area contributed by atoms with Gasteiger partial charge < -0.3 is 0 Å². The van der Waals surface area contributed by atoms with Crippen LogP contribution in [-0.2, 0) is 0 Å². The van der Waals surface area contributed by atoms with Gasteiger partial charge in [0, 0.05) is 25.6 Å². The minimum Gasteiger partial charge on any atom is -0.296 e. The van der Waals surface area contributed by atoms with Crippen LogP contribution in [0.15, 0.2) is 12.2 Å². The summed E-state index contributed by atoms with van der Waals surface area (Å²) in [5.41, 5.74) is 0. The van der Waals surface area contributed by atoms with Gasteiger partial charge in [-0.2, -0.15) is 5.26 Å². The Labute approximate surface area is 106 Å². The number of nitriles is 1. The van der Waals surface area contributed by atoms with Crippen molar-refractivity contribution in [2.45, 2.75) is 58.4 Å². The molecule has 1 unspecified atom stereocenters. The highest BCUT2D eigenvalue weighted by atomic mass is 15.1. The van der Waals surface area contributed by atoms with E-state index < -0.39 is 0 Å². The van der Waals surface area contributed by atoms with Gasteiger partial charge >= 0.3 is 0 Å². The van der Waals surface area contributed by atoms with E-state index in [9.17, 15) is 0 Å². The van der Waals surface area contributed by atoms with Crippen LogP contribution in [0, 0.1) is 17.2 Å². The minimum atomic E-state index is 0.561. The van der Waals surface area contributed by atoms with Crippen molar-refractivity contribution < 1.29 is 0 Å². The van der Waals surface area contributed by atoms with E-state index in [1.165, 1.54) is 32.1 Å². The van der Waals surface area contributed by atoms with Crippen LogP contribution >= 0.6 is 0 Å². The van der Waals surface area contributed by atoms with Gasteiger partial charge in [-0.25, -0.2) is 0 Å². The van der Waals surface area contributed by atoms with Crippen molar-refractivity contribution in [1.29, 1.82) is 5.26 Å². The summed E-state index contributed by atoms with van der Waals surface area (Å²) in [5, 5.41) is 8.75. The number of nitrogens with zero attached hydrogens (tertiary/aromatic N) is 2. The van der Waals surface area contributed by atoms with Gasteiger partial charge in [-0.15, -0.1) is 0 Å². The molecule has 0 aromatic heterocycles. The largest absolute Gasteiger partial charge is 0.296 e. The molecule has 17 heavy (non-hydrogen) atoms. The minimum absolute atomic E-state index is 0.561. The van der Waals surface area contributed by atoms with E-state index in [0.717, 1.165) is 13.1 Å². The van der Waals surface area contributed by atoms with Crippen LogP contribution in [0.25, 0.3) is 0 Å². The SMILES string of the molecule is CC(C)CN(CCC#N)C1/C=C/CCCCC1. The van der Waals surface area contributed by atoms with E-state index in [4.69, 9.17) is 5.26 Å². The quantitative estimate of drug-likeness (QED) is 0.677. The van der Waals surface area contributed by atoms with Crippen LogP contribution in [0.3, 0.4) is 0 Å². The van der Waals surface area contributed by atoms with Crippen molar-refractivity contribution in [3.05, 3.63) is 12.2 Å². The molecule has 0 saturated carbocycles. The first kappa shape index (κ1) is 14.3. The Morgan fingerprint density at radius 3 is 2.88 bits per heavy atom. The lowest BCUT2D eigenvalue weighted by Gasteiger charge is -2.31. The predicted molar refractivity (Wildman–Crippen MR) is 72.7 cm³/mol. The Balaban J connectivity index is 2.58. The Kier molecular flexibility index (Phi) is 6.96. The zero-order valence-electron chi connectivity index (χ0n) is 11.4. The Hall–Kier alpha value is -0.810. The maximum atomic E-state index is 8.75. The summed E-state index contributed by atoms with van der Waals surface area (Å²) in [6.07, 6.45) is 11.9. The van der Waals surface area contributed by atoms with Crippen LogP contribution in [0.1, 0.15) is 52.4 Å². The zero-order valence-corrected chi connectivity index (χ0v) is 11.4. The number of allylic oxidation sites excluding steroid dienone is 1. The molecule has 0 aliphatic heterocycles. The molecule has 1 atom stereocenters. The zero-order chi connectivity index (χ0) is 12.5. The fraction of sp³-hybridized carbons (Fsp3) is 0.800. The molecule has 2 nitrogen and oxygen atoms in total. The molecule has 0 saturated heterocycles. The molecule has 0 aromatic carbocycles. The van der Waals surface area contributed by atoms with Crippen molar-refractivity contribution in [1.82, 2.24) is 4.90 Å². The van der Waals surface area contributed by atoms with Crippen LogP contribution < -0.4 is 0 Å². The van der Waals surface area contributed by atoms with Crippen molar-refractivity contribution >= 4 is 0 Å². The second kappa shape index (κ2) is 8.31. The smallest absolute Gasteiger partial charge is 0.0635 e. The molecule has 0 spiro atoms. The fourth-order valence-corrected chi connectivity index (χ4v) is 2.50. The van der Waals surface area contributed by atoms with Crippen LogP contribution in [-0.4, -0.2) is 24.0 Å². The van der Waals surface area contributed by atoms with Crippen molar-refractivity contribution in [2.75, 3.05) is 13.1 Å². The average Bonchev–Trinajstić information content (AvgIpc) is 2.23. The second-order valence-electron chi connectivity index (χ2n) is 5.43. The topological polar surface area (TPSA) is 27.0 Å². The highest BCUT2D eigenvalue weighted by Crippen LogP contribution is 2.18. The van der Waals surface area contributed by atoms with E-state index in [0.29, 0.717) is 18.4 Å². The molecule has 1 aliphatic rings. The standard InChI is InChI=1S/C15H26N2/c1-14(2)13-17(12-8-11-16)15-9-6-4-3-5-7-10-15/h6,9,14-15H,3-5,7-8,10,12-13H2,1-2H3/b9-6+. The monoisotopic (exact) mass is 234 g/mol. The molecule has 0 amide bonds. The second-order valence-corrected chi connectivity index (χ2v) is 5.43. The third-order valence-corrected chi connectivity index (χ3v) is 3.31. The van der Waals surface area contributed by atoms with Crippen molar-refractivity contribution in [3.8, 4) is 6.07 Å². The molecule has 0 radical (unpaired) electrons. The summed E-state index contributed by atoms with van der Waals surface area (Å²) >= 11 is 0.